The molecule has 0 radical (unpaired) electrons. The van der Waals surface area contributed by atoms with Crippen molar-refractivity contribution < 1.29 is 13.2 Å². The first kappa shape index (κ1) is 18.7. The SMILES string of the molecule is Cc1ccc(NC(=O)N2CC[C@H](S(=O)(=O)c3ccc(Cl)cc3)C2)cc1C. The molecule has 7 heteroatoms. The summed E-state index contributed by atoms with van der Waals surface area (Å²) in [5.74, 6) is 0. The maximum Gasteiger partial charge on any atom is 0.321 e. The first-order chi connectivity index (χ1) is 12.3. The molecule has 0 spiro atoms. The molecule has 2 amide bonds. The molecule has 2 aromatic rings. The van der Waals surface area contributed by atoms with Crippen LogP contribution in [0.15, 0.2) is 47.4 Å². The zero-order valence-electron chi connectivity index (χ0n) is 14.7. The minimum absolute atomic E-state index is 0.182. The first-order valence-electron chi connectivity index (χ1n) is 8.40. The van der Waals surface area contributed by atoms with Crippen molar-refractivity contribution in [1.29, 1.82) is 0 Å². The monoisotopic (exact) mass is 392 g/mol. The van der Waals surface area contributed by atoms with Crippen LogP contribution in [0.2, 0.25) is 5.02 Å². The van der Waals surface area contributed by atoms with Gasteiger partial charge in [-0.15, -0.1) is 0 Å². The molecule has 0 bridgehead atoms. The Morgan fingerprint density at radius 3 is 2.46 bits per heavy atom. The lowest BCUT2D eigenvalue weighted by atomic mass is 10.1. The Morgan fingerprint density at radius 2 is 1.81 bits per heavy atom. The number of nitrogens with one attached hydrogen (secondary N) is 1. The number of carbonyl (C=O) groups excluding carboxylic acids is 1. The number of halogens is 1. The molecule has 26 heavy (non-hydrogen) atoms. The van der Waals surface area contributed by atoms with Gasteiger partial charge in [-0.25, -0.2) is 13.2 Å². The Bertz CT molecular complexity index is 926. The van der Waals surface area contributed by atoms with Crippen LogP contribution in [0.1, 0.15) is 17.5 Å². The number of carbonyl (C=O) groups is 1. The van der Waals surface area contributed by atoms with Gasteiger partial charge in [-0.1, -0.05) is 17.7 Å². The van der Waals surface area contributed by atoms with E-state index in [0.717, 1.165) is 11.1 Å². The standard InChI is InChI=1S/C19H21ClN2O3S/c1-13-3-6-16(11-14(13)2)21-19(23)22-10-9-18(12-22)26(24,25)17-7-4-15(20)5-8-17/h3-8,11,18H,9-10,12H2,1-2H3,(H,21,23)/t18-/m0/s1. The van der Waals surface area contributed by atoms with Gasteiger partial charge < -0.3 is 10.2 Å². The summed E-state index contributed by atoms with van der Waals surface area (Å²) in [6.07, 6.45) is 0.422. The molecular weight excluding hydrogens is 372 g/mol. The number of anilines is 1. The molecule has 2 aromatic carbocycles. The van der Waals surface area contributed by atoms with Crippen molar-refractivity contribution in [3.05, 3.63) is 58.6 Å². The molecule has 1 atom stereocenters. The average Bonchev–Trinajstić information content (AvgIpc) is 3.10. The lowest BCUT2D eigenvalue weighted by molar-refractivity contribution is 0.222. The molecule has 1 saturated heterocycles. The summed E-state index contributed by atoms with van der Waals surface area (Å²) in [5.41, 5.74) is 2.95. The summed E-state index contributed by atoms with van der Waals surface area (Å²) in [5, 5.41) is 2.73. The van der Waals surface area contributed by atoms with E-state index in [2.05, 4.69) is 5.32 Å². The predicted octanol–water partition coefficient (Wildman–Crippen LogP) is 4.04. The van der Waals surface area contributed by atoms with Crippen LogP contribution in [-0.2, 0) is 9.84 Å². The summed E-state index contributed by atoms with van der Waals surface area (Å²) in [6, 6.07) is 11.6. The number of benzene rings is 2. The van der Waals surface area contributed by atoms with Crippen molar-refractivity contribution in [3.63, 3.8) is 0 Å². The van der Waals surface area contributed by atoms with Gasteiger partial charge in [-0.2, -0.15) is 0 Å². The molecule has 1 fully saturated rings. The smallest absolute Gasteiger partial charge is 0.321 e. The zero-order chi connectivity index (χ0) is 18.9. The molecular formula is C19H21ClN2O3S. The lowest BCUT2D eigenvalue weighted by Gasteiger charge is -2.18. The van der Waals surface area contributed by atoms with Crippen LogP contribution in [0.25, 0.3) is 0 Å². The normalized spacial score (nSPS) is 17.3. The van der Waals surface area contributed by atoms with E-state index in [1.54, 1.807) is 17.0 Å². The fraction of sp³-hybridized carbons (Fsp3) is 0.316. The van der Waals surface area contributed by atoms with E-state index in [-0.39, 0.29) is 17.5 Å². The fourth-order valence-corrected chi connectivity index (χ4v) is 4.82. The van der Waals surface area contributed by atoms with Gasteiger partial charge in [-0.3, -0.25) is 0 Å². The molecule has 1 N–H and O–H groups in total. The Balaban J connectivity index is 1.68. The Labute approximate surface area is 158 Å². The van der Waals surface area contributed by atoms with Crippen LogP contribution in [-0.4, -0.2) is 37.7 Å². The predicted molar refractivity (Wildman–Crippen MR) is 104 cm³/mol. The van der Waals surface area contributed by atoms with E-state index in [9.17, 15) is 13.2 Å². The van der Waals surface area contributed by atoms with Crippen molar-refractivity contribution in [1.82, 2.24) is 4.90 Å². The Hall–Kier alpha value is -2.05. The Kier molecular flexibility index (Phi) is 5.25. The van der Waals surface area contributed by atoms with E-state index >= 15 is 0 Å². The Morgan fingerprint density at radius 1 is 1.12 bits per heavy atom. The summed E-state index contributed by atoms with van der Waals surface area (Å²) in [7, 11) is -3.49. The van der Waals surface area contributed by atoms with Gasteiger partial charge in [0.2, 0.25) is 0 Å². The van der Waals surface area contributed by atoms with Crippen LogP contribution >= 0.6 is 11.6 Å². The van der Waals surface area contributed by atoms with Gasteiger partial charge in [0.15, 0.2) is 9.84 Å². The quantitative estimate of drug-likeness (QED) is 0.857. The van der Waals surface area contributed by atoms with Crippen LogP contribution < -0.4 is 5.32 Å². The summed E-state index contributed by atoms with van der Waals surface area (Å²) >= 11 is 5.83. The van der Waals surface area contributed by atoms with Crippen LogP contribution in [0.5, 0.6) is 0 Å². The van der Waals surface area contributed by atoms with E-state index in [0.29, 0.717) is 23.7 Å². The van der Waals surface area contributed by atoms with E-state index in [4.69, 9.17) is 11.6 Å². The molecule has 1 aliphatic heterocycles. The van der Waals surface area contributed by atoms with Gasteiger partial charge in [0, 0.05) is 23.8 Å². The molecule has 0 aromatic heterocycles. The third-order valence-corrected chi connectivity index (χ3v) is 7.22. The van der Waals surface area contributed by atoms with Crippen molar-refractivity contribution in [3.8, 4) is 0 Å². The minimum atomic E-state index is -3.49. The summed E-state index contributed by atoms with van der Waals surface area (Å²) in [4.78, 5) is 14.3. The van der Waals surface area contributed by atoms with Crippen LogP contribution in [0, 0.1) is 13.8 Å². The highest BCUT2D eigenvalue weighted by atomic mass is 35.5. The lowest BCUT2D eigenvalue weighted by Crippen LogP contribution is -2.35. The number of hydrogen-bond donors (Lipinski definition) is 1. The summed E-state index contributed by atoms with van der Waals surface area (Å²) in [6.45, 7) is 4.58. The van der Waals surface area contributed by atoms with Crippen molar-refractivity contribution in [2.75, 3.05) is 18.4 Å². The van der Waals surface area contributed by atoms with Gasteiger partial charge in [0.25, 0.3) is 0 Å². The third kappa shape index (κ3) is 3.86. The van der Waals surface area contributed by atoms with Gasteiger partial charge >= 0.3 is 6.03 Å². The molecule has 5 nitrogen and oxygen atoms in total. The largest absolute Gasteiger partial charge is 0.323 e. The maximum absolute atomic E-state index is 12.8. The van der Waals surface area contributed by atoms with Crippen LogP contribution in [0.3, 0.4) is 0 Å². The van der Waals surface area contributed by atoms with Gasteiger partial charge in [-0.05, 0) is 67.8 Å². The average molecular weight is 393 g/mol. The highest BCUT2D eigenvalue weighted by Crippen LogP contribution is 2.25. The highest BCUT2D eigenvalue weighted by Gasteiger charge is 2.36. The van der Waals surface area contributed by atoms with Crippen molar-refractivity contribution in [2.45, 2.75) is 30.4 Å². The van der Waals surface area contributed by atoms with Crippen molar-refractivity contribution in [2.24, 2.45) is 0 Å². The second-order valence-corrected chi connectivity index (χ2v) is 9.25. The number of amides is 2. The van der Waals surface area contributed by atoms with E-state index in [1.165, 1.54) is 12.1 Å². The third-order valence-electron chi connectivity index (χ3n) is 4.77. The molecule has 0 aliphatic carbocycles. The van der Waals surface area contributed by atoms with Crippen molar-refractivity contribution >= 4 is 33.2 Å². The van der Waals surface area contributed by atoms with Crippen LogP contribution in [0.4, 0.5) is 10.5 Å². The number of hydrogen-bond acceptors (Lipinski definition) is 3. The topological polar surface area (TPSA) is 66.5 Å². The van der Waals surface area contributed by atoms with Gasteiger partial charge in [0.05, 0.1) is 10.1 Å². The maximum atomic E-state index is 12.8. The minimum Gasteiger partial charge on any atom is -0.323 e. The van der Waals surface area contributed by atoms with E-state index < -0.39 is 15.1 Å². The number of likely N-dealkylation sites (tertiary alicyclic amines) is 1. The number of aryl methyl sites for hydroxylation is 2. The number of urea groups is 1. The molecule has 0 unspecified atom stereocenters. The number of rotatable bonds is 3. The summed E-state index contributed by atoms with van der Waals surface area (Å²) < 4.78 is 25.5. The molecule has 3 rings (SSSR count). The number of nitrogens with zero attached hydrogens (tertiary/aromatic N) is 1. The number of sulfone groups is 1. The zero-order valence-corrected chi connectivity index (χ0v) is 16.3. The second kappa shape index (κ2) is 7.29. The van der Waals surface area contributed by atoms with E-state index in [1.807, 2.05) is 32.0 Å². The molecule has 1 heterocycles. The fourth-order valence-electron chi connectivity index (χ4n) is 3.00. The molecule has 0 saturated carbocycles. The molecule has 1 aliphatic rings. The second-order valence-electron chi connectivity index (χ2n) is 6.58. The molecule has 138 valence electrons. The van der Waals surface area contributed by atoms with Gasteiger partial charge in [0.1, 0.15) is 0 Å². The highest BCUT2D eigenvalue weighted by molar-refractivity contribution is 7.92. The first-order valence-corrected chi connectivity index (χ1v) is 10.3.